The molecule has 1 amide bonds. The summed E-state index contributed by atoms with van der Waals surface area (Å²) in [5.41, 5.74) is 2.26. The zero-order chi connectivity index (χ0) is 17.7. The van der Waals surface area contributed by atoms with E-state index in [2.05, 4.69) is 45.5 Å². The Morgan fingerprint density at radius 3 is 2.46 bits per heavy atom. The van der Waals surface area contributed by atoms with Gasteiger partial charge in [0.05, 0.1) is 6.61 Å². The van der Waals surface area contributed by atoms with E-state index in [1.165, 1.54) is 5.56 Å². The summed E-state index contributed by atoms with van der Waals surface area (Å²) in [4.78, 5) is 14.0. The molecule has 132 valence electrons. The molecule has 1 aliphatic rings. The van der Waals surface area contributed by atoms with Crippen molar-refractivity contribution in [3.8, 4) is 5.75 Å². The number of carbonyl (C=O) groups is 1. The lowest BCUT2D eigenvalue weighted by atomic mass is 9.86. The summed E-state index contributed by atoms with van der Waals surface area (Å²) < 4.78 is 6.15. The molecule has 0 atom stereocenters. The Bertz CT molecular complexity index is 578. The number of likely N-dealkylation sites (tertiary alicyclic amines) is 1. The van der Waals surface area contributed by atoms with E-state index < -0.39 is 0 Å². The van der Waals surface area contributed by atoms with Crippen LogP contribution in [0.25, 0.3) is 0 Å². The van der Waals surface area contributed by atoms with Gasteiger partial charge >= 0.3 is 0 Å². The van der Waals surface area contributed by atoms with Crippen molar-refractivity contribution in [3.05, 3.63) is 42.0 Å². The summed E-state index contributed by atoms with van der Waals surface area (Å²) in [5, 5.41) is 0. The zero-order valence-electron chi connectivity index (χ0n) is 15.6. The van der Waals surface area contributed by atoms with Crippen molar-refractivity contribution in [1.82, 2.24) is 4.90 Å². The van der Waals surface area contributed by atoms with Crippen molar-refractivity contribution < 1.29 is 9.53 Å². The highest BCUT2D eigenvalue weighted by molar-refractivity contribution is 5.78. The Hall–Kier alpha value is -1.77. The molecule has 24 heavy (non-hydrogen) atoms. The Balaban J connectivity index is 1.85. The quantitative estimate of drug-likeness (QED) is 0.741. The molecule has 1 fully saturated rings. The number of para-hydroxylation sites is 1. The van der Waals surface area contributed by atoms with Gasteiger partial charge in [-0.1, -0.05) is 51.1 Å². The lowest BCUT2D eigenvalue weighted by Gasteiger charge is -2.32. The molecule has 0 bridgehead atoms. The number of amides is 1. The first-order chi connectivity index (χ1) is 11.3. The molecule has 1 aromatic carbocycles. The number of rotatable bonds is 5. The van der Waals surface area contributed by atoms with Crippen LogP contribution in [0.5, 0.6) is 5.75 Å². The van der Waals surface area contributed by atoms with E-state index >= 15 is 0 Å². The zero-order valence-corrected chi connectivity index (χ0v) is 15.6. The van der Waals surface area contributed by atoms with Gasteiger partial charge in [-0.25, -0.2) is 0 Å². The molecule has 3 heteroatoms. The SMILES string of the molecule is C=C(C)CC(=O)N1CCC(COc2ccccc2C(C)(C)C)CC1. The van der Waals surface area contributed by atoms with Crippen molar-refractivity contribution in [2.45, 2.75) is 52.4 Å². The summed E-state index contributed by atoms with van der Waals surface area (Å²) in [6, 6.07) is 8.31. The maximum Gasteiger partial charge on any atom is 0.226 e. The molecule has 0 spiro atoms. The third-order valence-corrected chi connectivity index (χ3v) is 4.59. The highest BCUT2D eigenvalue weighted by atomic mass is 16.5. The fourth-order valence-corrected chi connectivity index (χ4v) is 3.14. The fourth-order valence-electron chi connectivity index (χ4n) is 3.14. The van der Waals surface area contributed by atoms with Crippen LogP contribution in [-0.2, 0) is 10.2 Å². The van der Waals surface area contributed by atoms with E-state index in [0.29, 0.717) is 12.3 Å². The molecule has 2 rings (SSSR count). The van der Waals surface area contributed by atoms with Crippen LogP contribution in [0.2, 0.25) is 0 Å². The number of hydrogen-bond donors (Lipinski definition) is 0. The number of hydrogen-bond acceptors (Lipinski definition) is 2. The van der Waals surface area contributed by atoms with Crippen molar-refractivity contribution in [3.63, 3.8) is 0 Å². The molecule has 1 heterocycles. The number of carbonyl (C=O) groups excluding carboxylic acids is 1. The van der Waals surface area contributed by atoms with Gasteiger partial charge in [-0.2, -0.15) is 0 Å². The van der Waals surface area contributed by atoms with Crippen LogP contribution < -0.4 is 4.74 Å². The van der Waals surface area contributed by atoms with Crippen LogP contribution in [0, 0.1) is 5.92 Å². The highest BCUT2D eigenvalue weighted by Crippen LogP contribution is 2.31. The highest BCUT2D eigenvalue weighted by Gasteiger charge is 2.24. The minimum absolute atomic E-state index is 0.0783. The van der Waals surface area contributed by atoms with E-state index in [-0.39, 0.29) is 11.3 Å². The van der Waals surface area contributed by atoms with Crippen LogP contribution in [0.15, 0.2) is 36.4 Å². The fraction of sp³-hybridized carbons (Fsp3) is 0.571. The second kappa shape index (κ2) is 7.87. The van der Waals surface area contributed by atoms with Gasteiger partial charge in [-0.15, -0.1) is 0 Å². The van der Waals surface area contributed by atoms with Crippen LogP contribution in [0.1, 0.15) is 52.5 Å². The van der Waals surface area contributed by atoms with E-state index in [9.17, 15) is 4.79 Å². The Labute approximate surface area is 146 Å². The maximum atomic E-state index is 12.1. The molecule has 0 aliphatic carbocycles. The van der Waals surface area contributed by atoms with Crippen molar-refractivity contribution >= 4 is 5.91 Å². The molecule has 3 nitrogen and oxygen atoms in total. The van der Waals surface area contributed by atoms with Crippen molar-refractivity contribution in [1.29, 1.82) is 0 Å². The van der Waals surface area contributed by atoms with E-state index in [0.717, 1.165) is 43.9 Å². The predicted octanol–water partition coefficient (Wildman–Crippen LogP) is 4.57. The average molecular weight is 329 g/mol. The van der Waals surface area contributed by atoms with Gasteiger partial charge in [-0.05, 0) is 42.7 Å². The van der Waals surface area contributed by atoms with Gasteiger partial charge in [-0.3, -0.25) is 4.79 Å². The molecule has 1 aromatic rings. The van der Waals surface area contributed by atoms with Gasteiger partial charge < -0.3 is 9.64 Å². The van der Waals surface area contributed by atoms with Gasteiger partial charge in [0.2, 0.25) is 5.91 Å². The molecule has 1 aliphatic heterocycles. The topological polar surface area (TPSA) is 29.5 Å². The molecular weight excluding hydrogens is 298 g/mol. The van der Waals surface area contributed by atoms with Crippen LogP contribution in [0.3, 0.4) is 0 Å². The molecule has 0 radical (unpaired) electrons. The van der Waals surface area contributed by atoms with Crippen molar-refractivity contribution in [2.75, 3.05) is 19.7 Å². The maximum absolute atomic E-state index is 12.1. The van der Waals surface area contributed by atoms with Gasteiger partial charge in [0.1, 0.15) is 5.75 Å². The van der Waals surface area contributed by atoms with Crippen LogP contribution in [-0.4, -0.2) is 30.5 Å². The Morgan fingerprint density at radius 2 is 1.88 bits per heavy atom. The van der Waals surface area contributed by atoms with E-state index in [1.807, 2.05) is 17.9 Å². The molecule has 0 N–H and O–H groups in total. The summed E-state index contributed by atoms with van der Waals surface area (Å²) in [5.74, 6) is 1.72. The third-order valence-electron chi connectivity index (χ3n) is 4.59. The second-order valence-electron chi connectivity index (χ2n) is 8.02. The molecule has 0 saturated carbocycles. The summed E-state index contributed by atoms with van der Waals surface area (Å²) in [7, 11) is 0. The minimum Gasteiger partial charge on any atom is -0.493 e. The largest absolute Gasteiger partial charge is 0.493 e. The average Bonchev–Trinajstić information content (AvgIpc) is 2.52. The third kappa shape index (κ3) is 5.12. The predicted molar refractivity (Wildman–Crippen MR) is 99.4 cm³/mol. The first-order valence-electron chi connectivity index (χ1n) is 8.92. The lowest BCUT2D eigenvalue weighted by molar-refractivity contribution is -0.131. The smallest absolute Gasteiger partial charge is 0.226 e. The normalized spacial score (nSPS) is 16.1. The summed E-state index contributed by atoms with van der Waals surface area (Å²) >= 11 is 0. The standard InChI is InChI=1S/C21H31NO2/c1-16(2)14-20(23)22-12-10-17(11-13-22)15-24-19-9-7-6-8-18(19)21(3,4)5/h6-9,17H,1,10-15H2,2-5H3. The monoisotopic (exact) mass is 329 g/mol. The second-order valence-corrected chi connectivity index (χ2v) is 8.02. The number of nitrogens with zero attached hydrogens (tertiary/aromatic N) is 1. The molecule has 0 aromatic heterocycles. The van der Waals surface area contributed by atoms with Crippen molar-refractivity contribution in [2.24, 2.45) is 5.92 Å². The van der Waals surface area contributed by atoms with Gasteiger partial charge in [0, 0.05) is 19.5 Å². The lowest BCUT2D eigenvalue weighted by Crippen LogP contribution is -2.39. The van der Waals surface area contributed by atoms with Crippen LogP contribution in [0.4, 0.5) is 0 Å². The van der Waals surface area contributed by atoms with E-state index in [4.69, 9.17) is 4.74 Å². The van der Waals surface area contributed by atoms with Gasteiger partial charge in [0.25, 0.3) is 0 Å². The molecular formula is C21H31NO2. The summed E-state index contributed by atoms with van der Waals surface area (Å²) in [6.45, 7) is 14.8. The summed E-state index contributed by atoms with van der Waals surface area (Å²) in [6.07, 6.45) is 2.50. The number of benzene rings is 1. The number of ether oxygens (including phenoxy) is 1. The molecule has 1 saturated heterocycles. The molecule has 0 unspecified atom stereocenters. The number of piperidine rings is 1. The minimum atomic E-state index is 0.0783. The van der Waals surface area contributed by atoms with Gasteiger partial charge in [0.15, 0.2) is 0 Å². The first-order valence-corrected chi connectivity index (χ1v) is 8.92. The first kappa shape index (κ1) is 18.6. The Morgan fingerprint density at radius 1 is 1.25 bits per heavy atom. The van der Waals surface area contributed by atoms with Crippen LogP contribution >= 0.6 is 0 Å². The van der Waals surface area contributed by atoms with E-state index in [1.54, 1.807) is 0 Å². The Kier molecular flexibility index (Phi) is 6.09.